The number of thioether (sulfide) groups is 2. The highest BCUT2D eigenvalue weighted by Crippen LogP contribution is 2.72. The van der Waals surface area contributed by atoms with Crippen LogP contribution in [0.15, 0.2) is 70.5 Å². The van der Waals surface area contributed by atoms with Crippen molar-refractivity contribution in [3.05, 3.63) is 140 Å². The average Bonchev–Trinajstić information content (AvgIpc) is 3.50. The molecule has 0 nitrogen and oxygen atoms in total. The van der Waals surface area contributed by atoms with Crippen LogP contribution in [0, 0.1) is 58.1 Å². The summed E-state index contributed by atoms with van der Waals surface area (Å²) in [5, 5.41) is 3.03. The Morgan fingerprint density at radius 2 is 0.914 bits per heavy atom. The minimum Gasteiger partial charge on any atom is -0.121 e. The molecule has 0 spiro atoms. The summed E-state index contributed by atoms with van der Waals surface area (Å²) in [5.41, 5.74) is 8.78. The molecule has 2 aromatic rings. The van der Waals surface area contributed by atoms with Crippen molar-refractivity contribution >= 4 is 42.7 Å². The van der Waals surface area contributed by atoms with E-state index in [4.69, 9.17) is 0 Å². The summed E-state index contributed by atoms with van der Waals surface area (Å²) in [4.78, 5) is 2.85. The van der Waals surface area contributed by atoms with E-state index in [0.29, 0.717) is 0 Å². The Labute approximate surface area is 222 Å². The van der Waals surface area contributed by atoms with Crippen LogP contribution in [0.3, 0.4) is 0 Å². The molecule has 2 aromatic carbocycles. The van der Waals surface area contributed by atoms with E-state index < -0.39 is 8.07 Å². The Kier molecular flexibility index (Phi) is 6.22. The quantitative estimate of drug-likeness (QED) is 0.379. The largest absolute Gasteiger partial charge is 0.121 e. The molecule has 2 saturated carbocycles. The maximum absolute atomic E-state index is 2.57. The van der Waals surface area contributed by atoms with Crippen LogP contribution in [-0.2, 0) is 0 Å². The molecule has 0 N–H and O–H groups in total. The number of hydrogen-bond donors (Lipinski definition) is 0. The molecule has 35 heavy (non-hydrogen) atoms. The van der Waals surface area contributed by atoms with Crippen LogP contribution in [0.5, 0.6) is 0 Å². The van der Waals surface area contributed by atoms with Crippen LogP contribution in [0.25, 0.3) is 11.1 Å². The molecule has 174 valence electrons. The molecule has 2 aliphatic heterocycles. The second kappa shape index (κ2) is 8.99. The highest BCUT2D eigenvalue weighted by atomic mass is 32.2. The van der Waals surface area contributed by atoms with Gasteiger partial charge in [0.1, 0.15) is 0 Å². The first-order valence-corrected chi connectivity index (χ1v) is 16.9. The Bertz CT molecular complexity index is 1070. The zero-order valence-electron chi connectivity index (χ0n) is 21.2. The van der Waals surface area contributed by atoms with Crippen LogP contribution >= 0.6 is 23.5 Å². The Hall–Kier alpha value is -1.16. The minimum absolute atomic E-state index is 1.33. The first-order chi connectivity index (χ1) is 16.8. The van der Waals surface area contributed by atoms with Gasteiger partial charge in [0.25, 0.3) is 0 Å². The summed E-state index contributed by atoms with van der Waals surface area (Å²) in [6.07, 6.45) is 4.94. The molecule has 2 heterocycles. The van der Waals surface area contributed by atoms with Gasteiger partial charge in [0, 0.05) is 11.8 Å². The fourth-order valence-corrected chi connectivity index (χ4v) is 14.3. The molecular formula is C32H30S2Si. The van der Waals surface area contributed by atoms with Gasteiger partial charge in [-0.15, -0.1) is 23.5 Å². The van der Waals surface area contributed by atoms with Crippen molar-refractivity contribution in [2.75, 3.05) is 0 Å². The van der Waals surface area contributed by atoms with Crippen LogP contribution in [0.2, 0.25) is 13.1 Å². The van der Waals surface area contributed by atoms with Gasteiger partial charge in [-0.25, -0.2) is 0 Å². The molecule has 0 atom stereocenters. The van der Waals surface area contributed by atoms with Crippen molar-refractivity contribution in [1.29, 1.82) is 0 Å². The van der Waals surface area contributed by atoms with Crippen LogP contribution in [0.1, 0.15) is 38.8 Å². The molecule has 0 aromatic heterocycles. The van der Waals surface area contributed by atoms with Crippen molar-refractivity contribution < 1.29 is 0 Å². The van der Waals surface area contributed by atoms with Crippen molar-refractivity contribution in [2.24, 2.45) is 0 Å². The summed E-state index contributed by atoms with van der Waals surface area (Å²) in [7, 11) is -1.97. The molecule has 0 amide bonds. The Balaban J connectivity index is 1.30. The van der Waals surface area contributed by atoms with E-state index in [1.54, 1.807) is 11.1 Å². The maximum Gasteiger partial charge on any atom is 0.0657 e. The number of fused-ring (bicyclic) bond motifs is 2. The van der Waals surface area contributed by atoms with Gasteiger partial charge in [0.15, 0.2) is 0 Å². The van der Waals surface area contributed by atoms with E-state index in [9.17, 15) is 0 Å². The number of benzene rings is 2. The monoisotopic (exact) mass is 506 g/mol. The van der Waals surface area contributed by atoms with Crippen LogP contribution in [-0.4, -0.2) is 8.07 Å². The van der Waals surface area contributed by atoms with Crippen molar-refractivity contribution in [1.82, 2.24) is 0 Å². The lowest BCUT2D eigenvalue weighted by molar-refractivity contribution is 1.10. The molecule has 4 aliphatic rings. The van der Waals surface area contributed by atoms with Crippen molar-refractivity contribution in [3.63, 3.8) is 0 Å². The minimum atomic E-state index is -1.97. The summed E-state index contributed by atoms with van der Waals surface area (Å²) in [5.74, 6) is 5.81. The molecule has 0 unspecified atom stereocenters. The normalized spacial score (nSPS) is 24.4. The standard InChI is InChI=1S/C32H30S2Si/c1-19-17-25-27(23-13-9-7-10-14-23)21(3)33-29(25)31(19)35(5,6)32-20(2)18-26-28(22(4)34-30(26)32)24-15-11-8-12-16-24/h7-18H,1-6H3. The Morgan fingerprint density at radius 1 is 0.543 bits per heavy atom. The van der Waals surface area contributed by atoms with E-state index in [1.807, 2.05) is 23.5 Å². The third-order valence-electron chi connectivity index (χ3n) is 7.58. The predicted octanol–water partition coefficient (Wildman–Crippen LogP) is 9.12. The van der Waals surface area contributed by atoms with Gasteiger partial charge in [-0.05, 0) is 81.7 Å². The van der Waals surface area contributed by atoms with Gasteiger partial charge < -0.3 is 0 Å². The van der Waals surface area contributed by atoms with Gasteiger partial charge in [-0.3, -0.25) is 0 Å². The zero-order valence-corrected chi connectivity index (χ0v) is 23.9. The first-order valence-electron chi connectivity index (χ1n) is 12.3. The fourth-order valence-electron chi connectivity index (χ4n) is 6.31. The lowest BCUT2D eigenvalue weighted by Crippen LogP contribution is -2.47. The summed E-state index contributed by atoms with van der Waals surface area (Å²) in [6, 6.07) is 21.8. The van der Waals surface area contributed by atoms with Gasteiger partial charge in [-0.1, -0.05) is 87.6 Å². The molecule has 2 fully saturated rings. The third kappa shape index (κ3) is 3.78. The summed E-state index contributed by atoms with van der Waals surface area (Å²) >= 11 is 4.00. The number of hydrogen-bond acceptors (Lipinski definition) is 2. The molecule has 0 saturated heterocycles. The van der Waals surface area contributed by atoms with Crippen molar-refractivity contribution in [3.8, 4) is 0 Å². The molecule has 3 heteroatoms. The second-order valence-corrected chi connectivity index (χ2v) is 17.0. The van der Waals surface area contributed by atoms with E-state index in [-0.39, 0.29) is 0 Å². The Morgan fingerprint density at radius 3 is 1.29 bits per heavy atom. The van der Waals surface area contributed by atoms with E-state index in [1.165, 1.54) is 66.3 Å². The van der Waals surface area contributed by atoms with Gasteiger partial charge in [-0.2, -0.15) is 0 Å². The lowest BCUT2D eigenvalue weighted by atomic mass is 9.90. The first kappa shape index (κ1) is 24.2. The highest BCUT2D eigenvalue weighted by molar-refractivity contribution is 8.07. The molecule has 10 radical (unpaired) electrons. The topological polar surface area (TPSA) is 0 Å². The zero-order chi connectivity index (χ0) is 24.5. The lowest BCUT2D eigenvalue weighted by Gasteiger charge is -2.43. The van der Waals surface area contributed by atoms with Crippen molar-refractivity contribution in [2.45, 2.75) is 40.8 Å². The van der Waals surface area contributed by atoms with Gasteiger partial charge in [0.2, 0.25) is 0 Å². The number of allylic oxidation sites excluding steroid dienone is 4. The fraction of sp³-hybridized carbons (Fsp3) is 0.188. The van der Waals surface area contributed by atoms with E-state index in [2.05, 4.69) is 114 Å². The van der Waals surface area contributed by atoms with Crippen LogP contribution < -0.4 is 0 Å². The predicted molar refractivity (Wildman–Crippen MR) is 157 cm³/mol. The molecule has 0 bridgehead atoms. The molecule has 2 aliphatic carbocycles. The summed E-state index contributed by atoms with van der Waals surface area (Å²) < 4.78 is 0. The average molecular weight is 507 g/mol. The van der Waals surface area contributed by atoms with Gasteiger partial charge in [0.05, 0.1) is 18.6 Å². The maximum atomic E-state index is 2.57. The van der Waals surface area contributed by atoms with E-state index in [0.717, 1.165) is 0 Å². The second-order valence-electron chi connectivity index (χ2n) is 10.3. The highest BCUT2D eigenvalue weighted by Gasteiger charge is 2.62. The summed E-state index contributed by atoms with van der Waals surface area (Å²) in [6.45, 7) is 14.4. The molecular weight excluding hydrogens is 477 g/mol. The van der Waals surface area contributed by atoms with Gasteiger partial charge >= 0.3 is 0 Å². The van der Waals surface area contributed by atoms with E-state index >= 15 is 0 Å². The smallest absolute Gasteiger partial charge is 0.0657 e. The SMILES string of the molecule is C[C]1[CH][C]2[C](SC(C)=C2c2ccccc2)[C]1[Si](C)(C)[C]1[C](C)[CH][C]2[C]1SC(C)=C2c1ccccc1. The number of rotatable bonds is 4. The van der Waals surface area contributed by atoms with Crippen LogP contribution in [0.4, 0.5) is 0 Å². The molecule has 6 rings (SSSR count). The third-order valence-corrected chi connectivity index (χ3v) is 14.0.